The molecule has 108 valence electrons. The highest BCUT2D eigenvalue weighted by molar-refractivity contribution is 7.99. The number of nitrogens with one attached hydrogen (secondary N) is 1. The summed E-state index contributed by atoms with van der Waals surface area (Å²) in [6, 6.07) is 2.84. The average molecular weight is 287 g/mol. The van der Waals surface area contributed by atoms with Gasteiger partial charge in [-0.25, -0.2) is 8.78 Å². The molecule has 0 atom stereocenters. The fraction of sp³-hybridized carbons (Fsp3) is 0.600. The highest BCUT2D eigenvalue weighted by atomic mass is 32.2. The van der Waals surface area contributed by atoms with Crippen LogP contribution in [0.1, 0.15) is 40.2 Å². The number of benzene rings is 1. The van der Waals surface area contributed by atoms with Crippen LogP contribution in [0.15, 0.2) is 17.0 Å². The molecule has 0 radical (unpaired) electrons. The molecule has 0 aromatic heterocycles. The van der Waals surface area contributed by atoms with E-state index in [1.807, 2.05) is 34.6 Å². The second-order valence-corrected chi connectivity index (χ2v) is 7.23. The number of hydrogen-bond acceptors (Lipinski definition) is 2. The molecule has 1 aromatic rings. The quantitative estimate of drug-likeness (QED) is 0.794. The Morgan fingerprint density at radius 3 is 2.11 bits per heavy atom. The van der Waals surface area contributed by atoms with Gasteiger partial charge in [-0.05, 0) is 44.4 Å². The van der Waals surface area contributed by atoms with Crippen molar-refractivity contribution in [1.82, 2.24) is 5.32 Å². The molecule has 0 bridgehead atoms. The highest BCUT2D eigenvalue weighted by Gasteiger charge is 2.14. The van der Waals surface area contributed by atoms with E-state index in [4.69, 9.17) is 0 Å². The van der Waals surface area contributed by atoms with Crippen LogP contribution in [0, 0.1) is 17.6 Å². The zero-order valence-corrected chi connectivity index (χ0v) is 13.1. The summed E-state index contributed by atoms with van der Waals surface area (Å²) in [7, 11) is 0. The van der Waals surface area contributed by atoms with E-state index in [-0.39, 0.29) is 10.4 Å². The van der Waals surface area contributed by atoms with Crippen molar-refractivity contribution in [2.75, 3.05) is 5.75 Å². The summed E-state index contributed by atoms with van der Waals surface area (Å²) in [4.78, 5) is 0.133. The second-order valence-electron chi connectivity index (χ2n) is 6.20. The molecule has 0 saturated carbocycles. The van der Waals surface area contributed by atoms with Crippen LogP contribution in [-0.2, 0) is 6.54 Å². The van der Waals surface area contributed by atoms with Gasteiger partial charge in [0.1, 0.15) is 11.6 Å². The summed E-state index contributed by atoms with van der Waals surface area (Å²) in [5.41, 5.74) is 0.566. The first kappa shape index (κ1) is 16.4. The molecule has 19 heavy (non-hydrogen) atoms. The second kappa shape index (κ2) is 6.71. The lowest BCUT2D eigenvalue weighted by Crippen LogP contribution is -2.35. The molecular weight excluding hydrogens is 264 g/mol. The summed E-state index contributed by atoms with van der Waals surface area (Å²) >= 11 is 1.24. The molecule has 0 aliphatic rings. The van der Waals surface area contributed by atoms with E-state index in [2.05, 4.69) is 5.32 Å². The standard InChI is InChI=1S/C15H23F2NS/c1-10(2)9-19-14-12(16)6-11(7-13(14)17)8-18-15(3,4)5/h6-7,10,18H,8-9H2,1-5H3. The molecule has 0 fully saturated rings. The Balaban J connectivity index is 2.79. The van der Waals surface area contributed by atoms with E-state index < -0.39 is 11.6 Å². The smallest absolute Gasteiger partial charge is 0.140 e. The van der Waals surface area contributed by atoms with Crippen LogP contribution >= 0.6 is 11.8 Å². The van der Waals surface area contributed by atoms with Crippen LogP contribution in [0.2, 0.25) is 0 Å². The molecule has 1 nitrogen and oxygen atoms in total. The maximum absolute atomic E-state index is 13.9. The maximum atomic E-state index is 13.9. The average Bonchev–Trinajstić information content (AvgIpc) is 2.23. The Hall–Kier alpha value is -0.610. The lowest BCUT2D eigenvalue weighted by Gasteiger charge is -2.20. The summed E-state index contributed by atoms with van der Waals surface area (Å²) in [5, 5.41) is 3.22. The third-order valence-corrected chi connectivity index (χ3v) is 3.95. The van der Waals surface area contributed by atoms with Crippen LogP contribution < -0.4 is 5.32 Å². The van der Waals surface area contributed by atoms with Gasteiger partial charge in [0.15, 0.2) is 0 Å². The lowest BCUT2D eigenvalue weighted by molar-refractivity contribution is 0.422. The van der Waals surface area contributed by atoms with E-state index >= 15 is 0 Å². The van der Waals surface area contributed by atoms with Gasteiger partial charge in [-0.1, -0.05) is 13.8 Å². The van der Waals surface area contributed by atoms with Gasteiger partial charge in [-0.2, -0.15) is 0 Å². The number of halogens is 2. The van der Waals surface area contributed by atoms with Crippen molar-refractivity contribution < 1.29 is 8.78 Å². The molecule has 1 aromatic carbocycles. The van der Waals surface area contributed by atoms with Gasteiger partial charge in [0.25, 0.3) is 0 Å². The van der Waals surface area contributed by atoms with Gasteiger partial charge < -0.3 is 5.32 Å². The van der Waals surface area contributed by atoms with Crippen molar-refractivity contribution in [3.05, 3.63) is 29.3 Å². The minimum absolute atomic E-state index is 0.0714. The Morgan fingerprint density at radius 2 is 1.68 bits per heavy atom. The minimum Gasteiger partial charge on any atom is -0.308 e. The van der Waals surface area contributed by atoms with Gasteiger partial charge in [0, 0.05) is 17.8 Å². The summed E-state index contributed by atoms with van der Waals surface area (Å²) in [6.07, 6.45) is 0. The van der Waals surface area contributed by atoms with Gasteiger partial charge >= 0.3 is 0 Å². The molecule has 4 heteroatoms. The largest absolute Gasteiger partial charge is 0.308 e. The van der Waals surface area contributed by atoms with Crippen LogP contribution in [0.3, 0.4) is 0 Å². The molecule has 0 amide bonds. The van der Waals surface area contributed by atoms with Crippen molar-refractivity contribution in [1.29, 1.82) is 0 Å². The minimum atomic E-state index is -0.462. The van der Waals surface area contributed by atoms with Gasteiger partial charge in [-0.3, -0.25) is 0 Å². The van der Waals surface area contributed by atoms with Crippen molar-refractivity contribution in [3.63, 3.8) is 0 Å². The SMILES string of the molecule is CC(C)CSc1c(F)cc(CNC(C)(C)C)cc1F. The summed E-state index contributed by atoms with van der Waals surface area (Å²) in [6.45, 7) is 10.6. The molecule has 1 N–H and O–H groups in total. The zero-order chi connectivity index (χ0) is 14.6. The predicted molar refractivity (Wildman–Crippen MR) is 78.5 cm³/mol. The van der Waals surface area contributed by atoms with E-state index in [1.165, 1.54) is 23.9 Å². The molecule has 0 aliphatic carbocycles. The summed E-state index contributed by atoms with van der Waals surface area (Å²) < 4.78 is 27.8. The van der Waals surface area contributed by atoms with Crippen molar-refractivity contribution in [2.45, 2.75) is 51.6 Å². The Labute approximate surface area is 119 Å². The van der Waals surface area contributed by atoms with Gasteiger partial charge in [0.05, 0.1) is 4.90 Å². The van der Waals surface area contributed by atoms with E-state index in [0.717, 1.165) is 0 Å². The fourth-order valence-electron chi connectivity index (χ4n) is 1.47. The van der Waals surface area contributed by atoms with E-state index in [9.17, 15) is 8.78 Å². The molecule has 0 aliphatic heterocycles. The topological polar surface area (TPSA) is 12.0 Å². The summed E-state index contributed by atoms with van der Waals surface area (Å²) in [5.74, 6) is 0.201. The molecule has 0 heterocycles. The Bertz CT molecular complexity index is 402. The molecule has 0 saturated heterocycles. The Kier molecular flexibility index (Phi) is 5.81. The third-order valence-electron chi connectivity index (χ3n) is 2.44. The molecule has 0 spiro atoms. The predicted octanol–water partition coefficient (Wildman–Crippen LogP) is 4.60. The van der Waals surface area contributed by atoms with Gasteiger partial charge in [0.2, 0.25) is 0 Å². The first-order valence-electron chi connectivity index (χ1n) is 6.55. The highest BCUT2D eigenvalue weighted by Crippen LogP contribution is 2.28. The fourth-order valence-corrected chi connectivity index (χ4v) is 2.36. The number of thioether (sulfide) groups is 1. The maximum Gasteiger partial charge on any atom is 0.140 e. The third kappa shape index (κ3) is 5.91. The van der Waals surface area contributed by atoms with E-state index in [1.54, 1.807) is 0 Å². The van der Waals surface area contributed by atoms with Crippen molar-refractivity contribution in [3.8, 4) is 0 Å². The van der Waals surface area contributed by atoms with Gasteiger partial charge in [-0.15, -0.1) is 11.8 Å². The number of hydrogen-bond donors (Lipinski definition) is 1. The lowest BCUT2D eigenvalue weighted by atomic mass is 10.1. The van der Waals surface area contributed by atoms with E-state index in [0.29, 0.717) is 23.8 Å². The normalized spacial score (nSPS) is 12.2. The first-order chi connectivity index (χ1) is 8.69. The van der Waals surface area contributed by atoms with Crippen LogP contribution in [0.5, 0.6) is 0 Å². The number of rotatable bonds is 5. The molecular formula is C15H23F2NS. The first-order valence-corrected chi connectivity index (χ1v) is 7.53. The van der Waals surface area contributed by atoms with Crippen LogP contribution in [-0.4, -0.2) is 11.3 Å². The van der Waals surface area contributed by atoms with Crippen molar-refractivity contribution >= 4 is 11.8 Å². The monoisotopic (exact) mass is 287 g/mol. The molecule has 1 rings (SSSR count). The molecule has 0 unspecified atom stereocenters. The van der Waals surface area contributed by atoms with Crippen molar-refractivity contribution in [2.24, 2.45) is 5.92 Å². The Morgan fingerprint density at radius 1 is 1.16 bits per heavy atom. The van der Waals surface area contributed by atoms with Crippen LogP contribution in [0.25, 0.3) is 0 Å². The van der Waals surface area contributed by atoms with Crippen LogP contribution in [0.4, 0.5) is 8.78 Å². The zero-order valence-electron chi connectivity index (χ0n) is 12.3.